The minimum Gasteiger partial charge on any atom is -0.379 e. The van der Waals surface area contributed by atoms with Crippen molar-refractivity contribution in [1.82, 2.24) is 20.7 Å². The molecule has 5 rings (SSSR count). The lowest BCUT2D eigenvalue weighted by Crippen LogP contribution is -2.46. The Morgan fingerprint density at radius 3 is 2.83 bits per heavy atom. The molecule has 0 spiro atoms. The highest BCUT2D eigenvalue weighted by molar-refractivity contribution is 8.14. The molecule has 1 aromatic carbocycles. The van der Waals surface area contributed by atoms with E-state index in [0.717, 1.165) is 88.2 Å². The zero-order valence-corrected chi connectivity index (χ0v) is 20.2. The number of amidine groups is 1. The summed E-state index contributed by atoms with van der Waals surface area (Å²) in [6.45, 7) is 5.78. The van der Waals surface area contributed by atoms with Gasteiger partial charge in [-0.15, -0.1) is 0 Å². The van der Waals surface area contributed by atoms with Gasteiger partial charge >= 0.3 is 6.18 Å². The monoisotopic (exact) mass is 525 g/mol. The van der Waals surface area contributed by atoms with Gasteiger partial charge in [-0.1, -0.05) is 0 Å². The van der Waals surface area contributed by atoms with E-state index >= 15 is 0 Å². The Morgan fingerprint density at radius 2 is 2.08 bits per heavy atom. The number of rotatable bonds is 6. The Labute approximate surface area is 209 Å². The number of benzene rings is 1. The summed E-state index contributed by atoms with van der Waals surface area (Å²) in [5.41, 5.74) is 3.61. The van der Waals surface area contributed by atoms with Gasteiger partial charge in [0.1, 0.15) is 0 Å². The van der Waals surface area contributed by atoms with Crippen molar-refractivity contribution in [3.63, 3.8) is 0 Å². The first-order valence-electron chi connectivity index (χ1n) is 11.8. The molecular weight excluding hydrogens is 499 g/mol. The molecule has 1 atom stereocenters. The van der Waals surface area contributed by atoms with Gasteiger partial charge in [0, 0.05) is 38.3 Å². The van der Waals surface area contributed by atoms with Crippen molar-refractivity contribution in [2.24, 2.45) is 9.98 Å². The van der Waals surface area contributed by atoms with Crippen molar-refractivity contribution in [3.8, 4) is 0 Å². The van der Waals surface area contributed by atoms with Crippen LogP contribution in [0.1, 0.15) is 24.8 Å². The molecule has 1 aliphatic carbocycles. The summed E-state index contributed by atoms with van der Waals surface area (Å²) in [6, 6.07) is 2.62. The molecule has 10 nitrogen and oxygen atoms in total. The van der Waals surface area contributed by atoms with Crippen LogP contribution in [0.25, 0.3) is 0 Å². The normalized spacial score (nSPS) is 22.5. The van der Waals surface area contributed by atoms with E-state index in [4.69, 9.17) is 9.73 Å². The molecule has 0 radical (unpaired) electrons. The molecule has 3 heterocycles. The number of nitro benzene ring substituents is 1. The number of fused-ring (bicyclic) bond motifs is 1. The summed E-state index contributed by atoms with van der Waals surface area (Å²) in [5.74, 6) is 0.452. The molecule has 36 heavy (non-hydrogen) atoms. The highest BCUT2D eigenvalue weighted by Crippen LogP contribution is 2.38. The van der Waals surface area contributed by atoms with E-state index in [9.17, 15) is 23.3 Å². The van der Waals surface area contributed by atoms with Crippen molar-refractivity contribution in [2.75, 3.05) is 45.9 Å². The Morgan fingerprint density at radius 1 is 1.28 bits per heavy atom. The predicted molar refractivity (Wildman–Crippen MR) is 129 cm³/mol. The number of morpholine rings is 1. The van der Waals surface area contributed by atoms with Crippen molar-refractivity contribution in [1.29, 1.82) is 0 Å². The second kappa shape index (κ2) is 10.4. The molecule has 0 amide bonds. The maximum atomic E-state index is 13.0. The van der Waals surface area contributed by atoms with Crippen molar-refractivity contribution in [2.45, 2.75) is 36.4 Å². The fourth-order valence-corrected chi connectivity index (χ4v) is 5.54. The molecule has 0 bridgehead atoms. The standard InChI is InChI=1S/C22H26F3N7O3S/c23-22(24,25)15-4-5-18(17(12-15)32(33)34)36-21-28-20-27-19-14(13-31(20)29-21)2-1-3-16(19)26-6-7-30-8-10-35-11-9-30/h4-5,12,16,26H,1-3,6-11,13H2,(H,27,28,29). The highest BCUT2D eigenvalue weighted by Gasteiger charge is 2.35. The summed E-state index contributed by atoms with van der Waals surface area (Å²) < 4.78 is 44.4. The predicted octanol–water partition coefficient (Wildman–Crippen LogP) is 2.98. The van der Waals surface area contributed by atoms with E-state index in [1.165, 1.54) is 5.57 Å². The van der Waals surface area contributed by atoms with Crippen molar-refractivity contribution in [3.05, 3.63) is 45.1 Å². The van der Waals surface area contributed by atoms with Gasteiger partial charge in [-0.25, -0.2) is 10.0 Å². The van der Waals surface area contributed by atoms with Crippen LogP contribution >= 0.6 is 11.8 Å². The van der Waals surface area contributed by atoms with Gasteiger partial charge in [0.05, 0.1) is 40.8 Å². The third-order valence-corrected chi connectivity index (χ3v) is 7.46. The van der Waals surface area contributed by atoms with Crippen molar-refractivity contribution >= 4 is 28.6 Å². The van der Waals surface area contributed by atoms with Gasteiger partial charge in [-0.3, -0.25) is 20.4 Å². The molecule has 0 saturated carbocycles. The minimum atomic E-state index is -4.66. The zero-order valence-electron chi connectivity index (χ0n) is 19.4. The number of nitrogens with one attached hydrogen (secondary N) is 2. The van der Waals surface area contributed by atoms with E-state index in [1.54, 1.807) is 5.01 Å². The van der Waals surface area contributed by atoms with Crippen LogP contribution in [0, 0.1) is 10.1 Å². The second-order valence-corrected chi connectivity index (χ2v) is 9.94. The first-order chi connectivity index (χ1) is 17.3. The average Bonchev–Trinajstić information content (AvgIpc) is 3.24. The number of nitrogens with zero attached hydrogens (tertiary/aromatic N) is 5. The molecule has 3 aliphatic heterocycles. The Balaban J connectivity index is 1.28. The smallest absolute Gasteiger partial charge is 0.379 e. The lowest BCUT2D eigenvalue weighted by atomic mass is 9.91. The first kappa shape index (κ1) is 25.0. The molecule has 194 valence electrons. The molecule has 1 unspecified atom stereocenters. The zero-order chi connectivity index (χ0) is 25.3. The van der Waals surface area contributed by atoms with Gasteiger partial charge in [0.15, 0.2) is 5.17 Å². The van der Waals surface area contributed by atoms with E-state index < -0.39 is 22.4 Å². The fraction of sp³-hybridized carbons (Fsp3) is 0.545. The maximum absolute atomic E-state index is 13.0. The van der Waals surface area contributed by atoms with Gasteiger partial charge in [-0.05, 0) is 48.7 Å². The molecule has 1 aromatic rings. The summed E-state index contributed by atoms with van der Waals surface area (Å²) >= 11 is 0.913. The van der Waals surface area contributed by atoms with Crippen LogP contribution in [0.3, 0.4) is 0 Å². The lowest BCUT2D eigenvalue weighted by Gasteiger charge is -2.34. The van der Waals surface area contributed by atoms with Crippen LogP contribution < -0.4 is 10.7 Å². The second-order valence-electron chi connectivity index (χ2n) is 8.91. The molecular formula is C22H26F3N7O3S. The third-order valence-electron chi connectivity index (χ3n) is 6.52. The quantitative estimate of drug-likeness (QED) is 0.431. The van der Waals surface area contributed by atoms with Crippen molar-refractivity contribution < 1.29 is 22.8 Å². The molecule has 0 aromatic heterocycles. The Hall–Kier alpha value is -2.68. The van der Waals surface area contributed by atoms with Crippen LogP contribution in [0.2, 0.25) is 0 Å². The number of hydrazine groups is 1. The highest BCUT2D eigenvalue weighted by atomic mass is 32.2. The topological polar surface area (TPSA) is 108 Å². The van der Waals surface area contributed by atoms with Gasteiger partial charge in [0.2, 0.25) is 5.96 Å². The number of nitro groups is 1. The molecule has 1 fully saturated rings. The number of halogens is 3. The SMILES string of the molecule is O=[N+]([O-])c1cc(C(F)(F)F)ccc1SC1=NC2=NC3=C(CCCC3NCCN3CCOCC3)CN2N1. The van der Waals surface area contributed by atoms with Crippen LogP contribution in [0.15, 0.2) is 44.3 Å². The Bertz CT molecular complexity index is 1120. The number of ether oxygens (including phenoxy) is 1. The van der Waals surface area contributed by atoms with E-state index in [-0.39, 0.29) is 10.9 Å². The summed E-state index contributed by atoms with van der Waals surface area (Å²) in [5, 5.41) is 17.2. The number of thioether (sulfide) groups is 1. The minimum absolute atomic E-state index is 0.0695. The summed E-state index contributed by atoms with van der Waals surface area (Å²) in [4.78, 5) is 22.3. The number of guanidine groups is 1. The molecule has 14 heteroatoms. The molecule has 2 N–H and O–H groups in total. The molecule has 1 saturated heterocycles. The van der Waals surface area contributed by atoms with Crippen LogP contribution in [0.4, 0.5) is 18.9 Å². The summed E-state index contributed by atoms with van der Waals surface area (Å²) in [6.07, 6.45) is -1.70. The van der Waals surface area contributed by atoms with Crippen LogP contribution in [0.5, 0.6) is 0 Å². The lowest BCUT2D eigenvalue weighted by molar-refractivity contribution is -0.388. The number of aliphatic imine (C=N–C) groups is 2. The van der Waals surface area contributed by atoms with Crippen LogP contribution in [-0.2, 0) is 10.9 Å². The molecule has 4 aliphatic rings. The largest absolute Gasteiger partial charge is 0.416 e. The van der Waals surface area contributed by atoms with E-state index in [1.807, 2.05) is 0 Å². The van der Waals surface area contributed by atoms with E-state index in [2.05, 4.69) is 20.6 Å². The maximum Gasteiger partial charge on any atom is 0.416 e. The van der Waals surface area contributed by atoms with Gasteiger partial charge in [-0.2, -0.15) is 18.2 Å². The first-order valence-corrected chi connectivity index (χ1v) is 12.6. The number of alkyl halides is 3. The number of hydrogen-bond donors (Lipinski definition) is 2. The fourth-order valence-electron chi connectivity index (χ4n) is 4.68. The average molecular weight is 526 g/mol. The Kier molecular flexibility index (Phi) is 7.19. The third kappa shape index (κ3) is 5.51. The van der Waals surface area contributed by atoms with Crippen LogP contribution in [-0.4, -0.2) is 77.9 Å². The number of hydrogen-bond acceptors (Lipinski definition) is 10. The summed E-state index contributed by atoms with van der Waals surface area (Å²) in [7, 11) is 0. The van der Waals surface area contributed by atoms with Gasteiger partial charge < -0.3 is 10.1 Å². The van der Waals surface area contributed by atoms with Gasteiger partial charge in [0.25, 0.3) is 5.69 Å². The van der Waals surface area contributed by atoms with E-state index in [0.29, 0.717) is 23.7 Å².